The summed E-state index contributed by atoms with van der Waals surface area (Å²) in [5, 5.41) is 4.84. The Morgan fingerprint density at radius 1 is 1.27 bits per heavy atom. The third-order valence-electron chi connectivity index (χ3n) is 5.32. The Hall–Kier alpha value is -2.47. The maximum absolute atomic E-state index is 13.2. The topological polar surface area (TPSA) is 66.5 Å². The molecule has 1 aromatic heterocycles. The van der Waals surface area contributed by atoms with Gasteiger partial charge >= 0.3 is 6.03 Å². The normalized spacial score (nSPS) is 21.8. The highest BCUT2D eigenvalue weighted by molar-refractivity contribution is 7.10. The van der Waals surface area contributed by atoms with E-state index in [-0.39, 0.29) is 18.2 Å². The Balaban J connectivity index is 1.62. The first-order valence-corrected chi connectivity index (χ1v) is 9.62. The number of nitrogens with zero attached hydrogens (tertiary/aromatic N) is 1. The van der Waals surface area contributed by atoms with Crippen LogP contribution in [0.25, 0.3) is 0 Å². The van der Waals surface area contributed by atoms with Gasteiger partial charge in [0, 0.05) is 16.0 Å². The second-order valence-corrected chi connectivity index (χ2v) is 8.08. The van der Waals surface area contributed by atoms with Crippen LogP contribution in [0, 0.1) is 13.8 Å². The van der Waals surface area contributed by atoms with Gasteiger partial charge in [0.25, 0.3) is 5.91 Å². The number of ketones is 1. The standard InChI is InChI=1S/C20H20N2O3S/c1-12-5-6-14(13(2)10-12)16(23)11-22-18(24)20(21-19(22)25)8-3-4-17-15(20)7-9-26-17/h5-7,9-10H,3-4,8,11H2,1-2H3,(H,21,25)/t20-/m0/s1. The molecule has 1 atom stereocenters. The molecule has 0 unspecified atom stereocenters. The SMILES string of the molecule is Cc1ccc(C(=O)CN2C(=O)N[C@]3(CCCc4sccc43)C2=O)c(C)c1. The van der Waals surface area contributed by atoms with Crippen LogP contribution in [0.3, 0.4) is 0 Å². The van der Waals surface area contributed by atoms with Gasteiger partial charge in [-0.3, -0.25) is 14.5 Å². The predicted molar refractivity (Wildman–Crippen MR) is 99.4 cm³/mol. The van der Waals surface area contributed by atoms with E-state index in [1.165, 1.54) is 0 Å². The van der Waals surface area contributed by atoms with Crippen LogP contribution in [-0.2, 0) is 16.8 Å². The molecule has 134 valence electrons. The molecule has 0 radical (unpaired) electrons. The van der Waals surface area contributed by atoms with E-state index >= 15 is 0 Å². The molecule has 2 aromatic rings. The average molecular weight is 368 g/mol. The zero-order valence-electron chi connectivity index (χ0n) is 14.8. The summed E-state index contributed by atoms with van der Waals surface area (Å²) in [6, 6.07) is 7.00. The lowest BCUT2D eigenvalue weighted by atomic mass is 9.80. The lowest BCUT2D eigenvalue weighted by molar-refractivity contribution is -0.131. The number of benzene rings is 1. The van der Waals surface area contributed by atoms with Gasteiger partial charge in [0.15, 0.2) is 5.78 Å². The first kappa shape index (κ1) is 17.0. The van der Waals surface area contributed by atoms with Crippen molar-refractivity contribution < 1.29 is 14.4 Å². The number of aryl methyl sites for hydroxylation is 3. The summed E-state index contributed by atoms with van der Waals surface area (Å²) in [5.74, 6) is -0.524. The number of rotatable bonds is 3. The lowest BCUT2D eigenvalue weighted by Gasteiger charge is -2.31. The number of imide groups is 1. The molecule has 1 saturated heterocycles. The summed E-state index contributed by atoms with van der Waals surface area (Å²) in [7, 11) is 0. The second-order valence-electron chi connectivity index (χ2n) is 7.08. The predicted octanol–water partition coefficient (Wildman–Crippen LogP) is 3.33. The molecule has 1 N–H and O–H groups in total. The molecule has 1 spiro atoms. The molecule has 3 amide bonds. The molecule has 1 aromatic carbocycles. The van der Waals surface area contributed by atoms with Gasteiger partial charge in [-0.25, -0.2) is 4.79 Å². The minimum atomic E-state index is -0.993. The van der Waals surface area contributed by atoms with Crippen LogP contribution in [0.4, 0.5) is 4.79 Å². The van der Waals surface area contributed by atoms with Crippen molar-refractivity contribution in [1.29, 1.82) is 0 Å². The molecule has 0 saturated carbocycles. The summed E-state index contributed by atoms with van der Waals surface area (Å²) in [6.45, 7) is 3.60. The number of amides is 3. The highest BCUT2D eigenvalue weighted by atomic mass is 32.1. The van der Waals surface area contributed by atoms with Crippen molar-refractivity contribution in [3.8, 4) is 0 Å². The summed E-state index contributed by atoms with van der Waals surface area (Å²) in [5.41, 5.74) is 2.38. The van der Waals surface area contributed by atoms with E-state index in [4.69, 9.17) is 0 Å². The maximum Gasteiger partial charge on any atom is 0.325 e. The lowest BCUT2D eigenvalue weighted by Crippen LogP contribution is -2.46. The zero-order chi connectivity index (χ0) is 18.5. The van der Waals surface area contributed by atoms with Gasteiger partial charge in [-0.05, 0) is 50.1 Å². The number of carbonyl (C=O) groups excluding carboxylic acids is 3. The fourth-order valence-electron chi connectivity index (χ4n) is 4.04. The first-order valence-electron chi connectivity index (χ1n) is 8.74. The second kappa shape index (κ2) is 6.06. The third kappa shape index (κ3) is 2.48. The molecule has 1 aliphatic heterocycles. The first-order chi connectivity index (χ1) is 12.4. The van der Waals surface area contributed by atoms with E-state index in [2.05, 4.69) is 5.32 Å². The van der Waals surface area contributed by atoms with Crippen molar-refractivity contribution in [1.82, 2.24) is 10.2 Å². The Morgan fingerprint density at radius 3 is 2.85 bits per heavy atom. The van der Waals surface area contributed by atoms with Crippen molar-refractivity contribution in [2.45, 2.75) is 38.6 Å². The summed E-state index contributed by atoms with van der Waals surface area (Å²) in [6.07, 6.45) is 2.35. The van der Waals surface area contributed by atoms with Gasteiger partial charge in [0.05, 0.1) is 6.54 Å². The number of nitrogens with one attached hydrogen (secondary N) is 1. The van der Waals surface area contributed by atoms with Crippen molar-refractivity contribution in [3.05, 3.63) is 56.8 Å². The number of Topliss-reactive ketones (excluding diaryl/α,β-unsaturated/α-hetero) is 1. The van der Waals surface area contributed by atoms with Gasteiger partial charge < -0.3 is 5.32 Å². The van der Waals surface area contributed by atoms with E-state index in [0.29, 0.717) is 12.0 Å². The third-order valence-corrected chi connectivity index (χ3v) is 6.30. The van der Waals surface area contributed by atoms with Crippen LogP contribution in [-0.4, -0.2) is 29.2 Å². The molecule has 1 aliphatic carbocycles. The molecule has 4 rings (SSSR count). The molecule has 26 heavy (non-hydrogen) atoms. The fourth-order valence-corrected chi connectivity index (χ4v) is 5.04. The Morgan fingerprint density at radius 2 is 2.08 bits per heavy atom. The number of carbonyl (C=O) groups is 3. The van der Waals surface area contributed by atoms with E-state index in [1.54, 1.807) is 17.4 Å². The van der Waals surface area contributed by atoms with Gasteiger partial charge in [-0.1, -0.05) is 23.8 Å². The van der Waals surface area contributed by atoms with Crippen molar-refractivity contribution in [2.24, 2.45) is 0 Å². The smallest absolute Gasteiger partial charge is 0.319 e. The molecule has 1 fully saturated rings. The average Bonchev–Trinajstić information content (AvgIpc) is 3.16. The monoisotopic (exact) mass is 368 g/mol. The maximum atomic E-state index is 13.2. The largest absolute Gasteiger partial charge is 0.325 e. The van der Waals surface area contributed by atoms with Gasteiger partial charge in [-0.2, -0.15) is 0 Å². The van der Waals surface area contributed by atoms with Crippen molar-refractivity contribution in [2.75, 3.05) is 6.54 Å². The van der Waals surface area contributed by atoms with Crippen LogP contribution >= 0.6 is 11.3 Å². The van der Waals surface area contributed by atoms with E-state index in [9.17, 15) is 14.4 Å². The van der Waals surface area contributed by atoms with Crippen LogP contribution in [0.2, 0.25) is 0 Å². The van der Waals surface area contributed by atoms with Gasteiger partial charge in [0.1, 0.15) is 5.54 Å². The number of urea groups is 1. The Bertz CT molecular complexity index is 933. The molecular weight excluding hydrogens is 348 g/mol. The molecule has 2 aliphatic rings. The van der Waals surface area contributed by atoms with Gasteiger partial charge in [0.2, 0.25) is 0 Å². The fraction of sp³-hybridized carbons (Fsp3) is 0.350. The number of hydrogen-bond acceptors (Lipinski definition) is 4. The highest BCUT2D eigenvalue weighted by Crippen LogP contribution is 2.42. The molecule has 0 bridgehead atoms. The van der Waals surface area contributed by atoms with Crippen molar-refractivity contribution >= 4 is 29.1 Å². The molecule has 2 heterocycles. The Labute approximate surface area is 156 Å². The molecule has 6 heteroatoms. The molecule has 5 nitrogen and oxygen atoms in total. The number of fused-ring (bicyclic) bond motifs is 2. The minimum Gasteiger partial charge on any atom is -0.319 e. The summed E-state index contributed by atoms with van der Waals surface area (Å²) < 4.78 is 0. The van der Waals surface area contributed by atoms with Crippen LogP contribution in [0.5, 0.6) is 0 Å². The highest BCUT2D eigenvalue weighted by Gasteiger charge is 2.54. The Kier molecular flexibility index (Phi) is 3.95. The molecular formula is C20H20N2O3S. The van der Waals surface area contributed by atoms with E-state index in [1.807, 2.05) is 37.4 Å². The quantitative estimate of drug-likeness (QED) is 0.667. The zero-order valence-corrected chi connectivity index (χ0v) is 15.6. The number of hydrogen-bond donors (Lipinski definition) is 1. The van der Waals surface area contributed by atoms with Crippen molar-refractivity contribution in [3.63, 3.8) is 0 Å². The van der Waals surface area contributed by atoms with E-state index < -0.39 is 11.6 Å². The minimum absolute atomic E-state index is 0.218. The number of thiophene rings is 1. The van der Waals surface area contributed by atoms with Crippen LogP contribution in [0.1, 0.15) is 44.8 Å². The van der Waals surface area contributed by atoms with Crippen LogP contribution < -0.4 is 5.32 Å². The van der Waals surface area contributed by atoms with Crippen LogP contribution in [0.15, 0.2) is 29.6 Å². The summed E-state index contributed by atoms with van der Waals surface area (Å²) >= 11 is 1.62. The van der Waals surface area contributed by atoms with E-state index in [0.717, 1.165) is 39.3 Å². The van der Waals surface area contributed by atoms with Gasteiger partial charge in [-0.15, -0.1) is 11.3 Å². The summed E-state index contributed by atoms with van der Waals surface area (Å²) in [4.78, 5) is 40.6.